The molecule has 5 nitrogen and oxygen atoms in total. The number of carbonyl (C=O) groups excluding carboxylic acids is 2. The fraction of sp³-hybridized carbons (Fsp3) is 0.467. The summed E-state index contributed by atoms with van der Waals surface area (Å²) in [4.78, 5) is 27.6. The van der Waals surface area contributed by atoms with Gasteiger partial charge in [-0.15, -0.1) is 0 Å². The summed E-state index contributed by atoms with van der Waals surface area (Å²) in [5, 5.41) is 2.74. The van der Waals surface area contributed by atoms with Crippen LogP contribution in [-0.2, 0) is 9.59 Å². The monoisotopic (exact) mass is 275 g/mol. The Morgan fingerprint density at radius 2 is 1.95 bits per heavy atom. The van der Waals surface area contributed by atoms with Crippen molar-refractivity contribution in [2.45, 2.75) is 13.0 Å². The molecular formula is C15H21N3O2. The van der Waals surface area contributed by atoms with Crippen LogP contribution < -0.4 is 5.32 Å². The molecular weight excluding hydrogens is 254 g/mol. The third-order valence-corrected chi connectivity index (χ3v) is 3.49. The van der Waals surface area contributed by atoms with E-state index < -0.39 is 0 Å². The number of aryl methyl sites for hydroxylation is 1. The molecule has 0 aliphatic carbocycles. The highest BCUT2D eigenvalue weighted by Gasteiger charge is 2.30. The van der Waals surface area contributed by atoms with E-state index in [1.54, 1.807) is 4.90 Å². The molecule has 1 aliphatic rings. The van der Waals surface area contributed by atoms with Crippen molar-refractivity contribution in [1.82, 2.24) is 15.1 Å². The van der Waals surface area contributed by atoms with Gasteiger partial charge in [-0.25, -0.2) is 0 Å². The molecule has 2 rings (SSSR count). The Morgan fingerprint density at radius 1 is 1.30 bits per heavy atom. The van der Waals surface area contributed by atoms with Crippen LogP contribution in [0, 0.1) is 6.92 Å². The molecule has 1 fully saturated rings. The van der Waals surface area contributed by atoms with E-state index >= 15 is 0 Å². The van der Waals surface area contributed by atoms with Gasteiger partial charge in [-0.2, -0.15) is 0 Å². The van der Waals surface area contributed by atoms with Gasteiger partial charge in [0.2, 0.25) is 11.8 Å². The second-order valence-electron chi connectivity index (χ2n) is 5.39. The maximum atomic E-state index is 12.7. The van der Waals surface area contributed by atoms with Gasteiger partial charge in [0.15, 0.2) is 0 Å². The van der Waals surface area contributed by atoms with Crippen molar-refractivity contribution >= 4 is 11.8 Å². The number of carbonyl (C=O) groups is 2. The second-order valence-corrected chi connectivity index (χ2v) is 5.39. The molecule has 1 aromatic rings. The smallest absolute Gasteiger partial charge is 0.245 e. The Balaban J connectivity index is 2.21. The molecule has 2 amide bonds. The molecule has 1 saturated heterocycles. The van der Waals surface area contributed by atoms with Gasteiger partial charge in [0.05, 0.1) is 6.54 Å². The molecule has 0 aromatic heterocycles. The summed E-state index contributed by atoms with van der Waals surface area (Å²) in [5.41, 5.74) is 2.12. The van der Waals surface area contributed by atoms with Gasteiger partial charge in [-0.3, -0.25) is 14.5 Å². The highest BCUT2D eigenvalue weighted by atomic mass is 16.2. The van der Waals surface area contributed by atoms with Crippen LogP contribution in [0.25, 0.3) is 0 Å². The van der Waals surface area contributed by atoms with Crippen molar-refractivity contribution in [2.24, 2.45) is 0 Å². The maximum absolute atomic E-state index is 12.7. The van der Waals surface area contributed by atoms with Crippen molar-refractivity contribution < 1.29 is 9.59 Å². The summed E-state index contributed by atoms with van der Waals surface area (Å²) in [6, 6.07) is 7.61. The minimum atomic E-state index is -0.346. The lowest BCUT2D eigenvalue weighted by atomic mass is 10.0. The van der Waals surface area contributed by atoms with E-state index in [1.165, 1.54) is 0 Å². The van der Waals surface area contributed by atoms with Crippen LogP contribution in [0.2, 0.25) is 0 Å². The Labute approximate surface area is 119 Å². The minimum Gasteiger partial charge on any atom is -0.353 e. The first-order chi connectivity index (χ1) is 9.49. The first-order valence-corrected chi connectivity index (χ1v) is 6.77. The summed E-state index contributed by atoms with van der Waals surface area (Å²) in [6.45, 7) is 3.26. The molecule has 108 valence electrons. The molecule has 1 aromatic carbocycles. The minimum absolute atomic E-state index is 0.0197. The number of piperazine rings is 1. The number of likely N-dealkylation sites (N-methyl/N-ethyl adjacent to an activating group) is 1. The molecule has 0 saturated carbocycles. The summed E-state index contributed by atoms with van der Waals surface area (Å²) in [5.74, 6) is -0.111. The van der Waals surface area contributed by atoms with Crippen LogP contribution in [0.15, 0.2) is 24.3 Å². The number of hydrogen-bond donors (Lipinski definition) is 1. The summed E-state index contributed by atoms with van der Waals surface area (Å²) < 4.78 is 0. The zero-order valence-corrected chi connectivity index (χ0v) is 12.2. The van der Waals surface area contributed by atoms with E-state index in [2.05, 4.69) is 5.32 Å². The third kappa shape index (κ3) is 3.17. The van der Waals surface area contributed by atoms with E-state index in [0.29, 0.717) is 13.1 Å². The van der Waals surface area contributed by atoms with E-state index in [4.69, 9.17) is 0 Å². The molecule has 20 heavy (non-hydrogen) atoms. The molecule has 0 spiro atoms. The Bertz CT molecular complexity index is 496. The van der Waals surface area contributed by atoms with E-state index in [-0.39, 0.29) is 24.4 Å². The van der Waals surface area contributed by atoms with E-state index in [9.17, 15) is 9.59 Å². The molecule has 1 N–H and O–H groups in total. The van der Waals surface area contributed by atoms with Gasteiger partial charge in [0.1, 0.15) is 6.04 Å². The number of nitrogens with one attached hydrogen (secondary N) is 1. The topological polar surface area (TPSA) is 52.7 Å². The molecule has 0 bridgehead atoms. The lowest BCUT2D eigenvalue weighted by Gasteiger charge is -2.33. The summed E-state index contributed by atoms with van der Waals surface area (Å²) in [7, 11) is 3.76. The average Bonchev–Trinajstić information content (AvgIpc) is 2.41. The number of nitrogens with zero attached hydrogens (tertiary/aromatic N) is 2. The fourth-order valence-electron chi connectivity index (χ4n) is 2.41. The average molecular weight is 275 g/mol. The predicted octanol–water partition coefficient (Wildman–Crippen LogP) is 0.556. The van der Waals surface area contributed by atoms with E-state index in [0.717, 1.165) is 11.1 Å². The Kier molecular flexibility index (Phi) is 4.39. The summed E-state index contributed by atoms with van der Waals surface area (Å²) in [6.07, 6.45) is 0. The van der Waals surface area contributed by atoms with Crippen molar-refractivity contribution in [1.29, 1.82) is 0 Å². The number of benzene rings is 1. The highest BCUT2D eigenvalue weighted by Crippen LogP contribution is 2.21. The van der Waals surface area contributed by atoms with Gasteiger partial charge in [0.25, 0.3) is 0 Å². The molecule has 1 atom stereocenters. The molecule has 1 heterocycles. The van der Waals surface area contributed by atoms with Crippen molar-refractivity contribution in [3.63, 3.8) is 0 Å². The number of hydrogen-bond acceptors (Lipinski definition) is 3. The van der Waals surface area contributed by atoms with Crippen molar-refractivity contribution in [3.05, 3.63) is 35.4 Å². The zero-order chi connectivity index (χ0) is 14.7. The largest absolute Gasteiger partial charge is 0.353 e. The number of amides is 2. The third-order valence-electron chi connectivity index (χ3n) is 3.49. The summed E-state index contributed by atoms with van der Waals surface area (Å²) >= 11 is 0. The molecule has 1 aliphatic heterocycles. The second kappa shape index (κ2) is 6.05. The van der Waals surface area contributed by atoms with Gasteiger partial charge in [-0.05, 0) is 26.6 Å². The van der Waals surface area contributed by atoms with Crippen LogP contribution in [0.5, 0.6) is 0 Å². The normalized spacial score (nSPS) is 17.0. The van der Waals surface area contributed by atoms with E-state index in [1.807, 2.05) is 50.2 Å². The van der Waals surface area contributed by atoms with Crippen LogP contribution in [0.4, 0.5) is 0 Å². The quantitative estimate of drug-likeness (QED) is 0.877. The van der Waals surface area contributed by atoms with Crippen molar-refractivity contribution in [3.8, 4) is 0 Å². The van der Waals surface area contributed by atoms with Gasteiger partial charge in [-0.1, -0.05) is 29.8 Å². The Morgan fingerprint density at radius 3 is 2.50 bits per heavy atom. The number of rotatable bonds is 3. The molecule has 0 radical (unpaired) electrons. The zero-order valence-electron chi connectivity index (χ0n) is 12.2. The highest BCUT2D eigenvalue weighted by molar-refractivity contribution is 5.89. The predicted molar refractivity (Wildman–Crippen MR) is 77.2 cm³/mol. The van der Waals surface area contributed by atoms with Crippen LogP contribution >= 0.6 is 0 Å². The molecule has 5 heteroatoms. The van der Waals surface area contributed by atoms with Gasteiger partial charge in [0, 0.05) is 13.1 Å². The molecule has 1 unspecified atom stereocenters. The first-order valence-electron chi connectivity index (χ1n) is 6.77. The standard InChI is InChI=1S/C15H21N3O2/c1-11-4-6-12(7-5-11)14(17(2)3)15(20)18-9-8-16-13(19)10-18/h4-7,14H,8-10H2,1-3H3,(H,16,19). The maximum Gasteiger partial charge on any atom is 0.245 e. The lowest BCUT2D eigenvalue weighted by Crippen LogP contribution is -2.52. The van der Waals surface area contributed by atoms with Gasteiger partial charge < -0.3 is 10.2 Å². The lowest BCUT2D eigenvalue weighted by molar-refractivity contribution is -0.142. The van der Waals surface area contributed by atoms with Crippen LogP contribution in [0.3, 0.4) is 0 Å². The Hall–Kier alpha value is -1.88. The fourth-order valence-corrected chi connectivity index (χ4v) is 2.41. The van der Waals surface area contributed by atoms with Crippen LogP contribution in [-0.4, -0.2) is 55.3 Å². The van der Waals surface area contributed by atoms with Crippen LogP contribution in [0.1, 0.15) is 17.2 Å². The first kappa shape index (κ1) is 14.5. The van der Waals surface area contributed by atoms with Crippen molar-refractivity contribution in [2.75, 3.05) is 33.7 Å². The SMILES string of the molecule is Cc1ccc(C(C(=O)N2CCNC(=O)C2)N(C)C)cc1. The van der Waals surface area contributed by atoms with Gasteiger partial charge >= 0.3 is 0 Å².